The molecule has 2 aliphatic rings. The normalized spacial score (nSPS) is 15.9. The molecule has 0 bridgehead atoms. The molecule has 1 aromatic heterocycles. The molecule has 0 atom stereocenters. The van der Waals surface area contributed by atoms with Gasteiger partial charge in [-0.1, -0.05) is 48.3 Å². The van der Waals surface area contributed by atoms with E-state index in [9.17, 15) is 4.79 Å². The maximum absolute atomic E-state index is 12.7. The molecule has 172 valence electrons. The number of hydrogen-bond donors (Lipinski definition) is 1. The van der Waals surface area contributed by atoms with E-state index in [1.54, 1.807) is 6.07 Å². The number of fused-ring (bicyclic) bond motifs is 1. The van der Waals surface area contributed by atoms with Gasteiger partial charge in [0, 0.05) is 29.8 Å². The fourth-order valence-corrected chi connectivity index (χ4v) is 5.29. The van der Waals surface area contributed by atoms with E-state index in [1.165, 1.54) is 24.6 Å². The second kappa shape index (κ2) is 10.1. The molecule has 0 unspecified atom stereocenters. The Morgan fingerprint density at radius 1 is 1.06 bits per heavy atom. The molecule has 3 aromatic rings. The lowest BCUT2D eigenvalue weighted by Crippen LogP contribution is -2.15. The molecular weight excluding hydrogens is 460 g/mol. The number of anilines is 1. The van der Waals surface area contributed by atoms with Gasteiger partial charge in [0.2, 0.25) is 5.91 Å². The van der Waals surface area contributed by atoms with Crippen molar-refractivity contribution in [1.29, 1.82) is 0 Å². The zero-order chi connectivity index (χ0) is 22.6. The molecular formula is C24H25ClN4O3S. The van der Waals surface area contributed by atoms with Crippen LogP contribution in [0.25, 0.3) is 11.4 Å². The molecule has 0 saturated heterocycles. The van der Waals surface area contributed by atoms with Gasteiger partial charge < -0.3 is 14.8 Å². The summed E-state index contributed by atoms with van der Waals surface area (Å²) in [6, 6.07) is 13.5. The molecule has 1 aliphatic carbocycles. The molecule has 1 amide bonds. The highest BCUT2D eigenvalue weighted by molar-refractivity contribution is 7.99. The van der Waals surface area contributed by atoms with Crippen LogP contribution in [-0.4, -0.2) is 39.6 Å². The first-order valence-corrected chi connectivity index (χ1v) is 12.6. The highest BCUT2D eigenvalue weighted by Crippen LogP contribution is 2.38. The van der Waals surface area contributed by atoms with Crippen LogP contribution < -0.4 is 14.8 Å². The van der Waals surface area contributed by atoms with E-state index in [2.05, 4.69) is 20.1 Å². The number of nitrogens with zero attached hydrogens (tertiary/aromatic N) is 3. The first-order chi connectivity index (χ1) is 16.2. The zero-order valence-corrected chi connectivity index (χ0v) is 19.7. The van der Waals surface area contributed by atoms with Gasteiger partial charge in [-0.15, -0.1) is 10.2 Å². The second-order valence-electron chi connectivity index (χ2n) is 8.14. The van der Waals surface area contributed by atoms with Crippen molar-refractivity contribution < 1.29 is 14.3 Å². The first kappa shape index (κ1) is 22.1. The average Bonchev–Trinajstić information content (AvgIpc) is 3.43. The molecule has 9 heteroatoms. The van der Waals surface area contributed by atoms with Gasteiger partial charge in [0.25, 0.3) is 0 Å². The molecule has 1 fully saturated rings. The molecule has 1 saturated carbocycles. The summed E-state index contributed by atoms with van der Waals surface area (Å²) in [6.45, 7) is 1.23. The Morgan fingerprint density at radius 3 is 2.67 bits per heavy atom. The number of benzene rings is 2. The number of halogens is 1. The van der Waals surface area contributed by atoms with Crippen LogP contribution in [0.1, 0.15) is 38.1 Å². The number of ether oxygens (including phenoxy) is 2. The average molecular weight is 485 g/mol. The molecule has 33 heavy (non-hydrogen) atoms. The fourth-order valence-electron chi connectivity index (χ4n) is 4.26. The Morgan fingerprint density at radius 2 is 1.85 bits per heavy atom. The maximum Gasteiger partial charge on any atom is 0.234 e. The molecule has 7 nitrogen and oxygen atoms in total. The van der Waals surface area contributed by atoms with E-state index in [0.29, 0.717) is 41.5 Å². The van der Waals surface area contributed by atoms with E-state index in [-0.39, 0.29) is 11.7 Å². The maximum atomic E-state index is 12.7. The van der Waals surface area contributed by atoms with Gasteiger partial charge in [0.1, 0.15) is 0 Å². The van der Waals surface area contributed by atoms with E-state index >= 15 is 0 Å². The molecule has 2 heterocycles. The summed E-state index contributed by atoms with van der Waals surface area (Å²) in [5, 5.41) is 13.2. The predicted molar refractivity (Wildman–Crippen MR) is 129 cm³/mol. The minimum absolute atomic E-state index is 0.116. The quantitative estimate of drug-likeness (QED) is 0.458. The van der Waals surface area contributed by atoms with Crippen LogP contribution in [-0.2, 0) is 4.79 Å². The standard InChI is InChI=1S/C24H25ClN4O3S/c25-19-9-4-3-8-18(19)23-27-28-24(29(23)17-6-1-2-7-17)33-15-22(30)26-16-10-11-20-21(14-16)32-13-5-12-31-20/h3-4,8-11,14,17H,1-2,5-7,12-13,15H2,(H,26,30). The monoisotopic (exact) mass is 484 g/mol. The summed E-state index contributed by atoms with van der Waals surface area (Å²) >= 11 is 7.85. The number of amides is 1. The van der Waals surface area contributed by atoms with Crippen molar-refractivity contribution >= 4 is 35.0 Å². The van der Waals surface area contributed by atoms with Crippen LogP contribution in [0.15, 0.2) is 47.6 Å². The van der Waals surface area contributed by atoms with Gasteiger partial charge >= 0.3 is 0 Å². The van der Waals surface area contributed by atoms with Crippen LogP contribution in [0.4, 0.5) is 5.69 Å². The minimum Gasteiger partial charge on any atom is -0.490 e. The number of carbonyl (C=O) groups is 1. The SMILES string of the molecule is O=C(CSc1nnc(-c2ccccc2Cl)n1C1CCCC1)Nc1ccc2c(c1)OCCCO2. The van der Waals surface area contributed by atoms with Crippen LogP contribution in [0.3, 0.4) is 0 Å². The van der Waals surface area contributed by atoms with Gasteiger partial charge in [-0.25, -0.2) is 0 Å². The lowest BCUT2D eigenvalue weighted by Gasteiger charge is -2.17. The first-order valence-electron chi connectivity index (χ1n) is 11.2. The van der Waals surface area contributed by atoms with Crippen molar-refractivity contribution in [1.82, 2.24) is 14.8 Å². The number of nitrogens with one attached hydrogen (secondary N) is 1. The lowest BCUT2D eigenvalue weighted by molar-refractivity contribution is -0.113. The summed E-state index contributed by atoms with van der Waals surface area (Å²) in [5.74, 6) is 2.23. The van der Waals surface area contributed by atoms with Gasteiger partial charge in [-0.2, -0.15) is 0 Å². The minimum atomic E-state index is -0.116. The molecule has 1 N–H and O–H groups in total. The highest BCUT2D eigenvalue weighted by atomic mass is 35.5. The fraction of sp³-hybridized carbons (Fsp3) is 0.375. The number of hydrogen-bond acceptors (Lipinski definition) is 6. The number of carbonyl (C=O) groups excluding carboxylic acids is 1. The number of aromatic nitrogens is 3. The summed E-state index contributed by atoms with van der Waals surface area (Å²) < 4.78 is 13.5. The Hall–Kier alpha value is -2.71. The zero-order valence-electron chi connectivity index (χ0n) is 18.1. The van der Waals surface area contributed by atoms with Gasteiger partial charge in [0.05, 0.1) is 24.0 Å². The van der Waals surface area contributed by atoms with Gasteiger partial charge in [-0.3, -0.25) is 9.36 Å². The van der Waals surface area contributed by atoms with Crippen molar-refractivity contribution in [2.45, 2.75) is 43.3 Å². The second-order valence-corrected chi connectivity index (χ2v) is 9.49. The predicted octanol–water partition coefficient (Wildman–Crippen LogP) is 5.61. The number of thioether (sulfide) groups is 1. The number of rotatable bonds is 6. The largest absolute Gasteiger partial charge is 0.490 e. The van der Waals surface area contributed by atoms with E-state index in [1.807, 2.05) is 36.4 Å². The Labute approximate surface area is 201 Å². The third-order valence-corrected chi connectivity index (χ3v) is 7.11. The Balaban J connectivity index is 1.31. The summed E-state index contributed by atoms with van der Waals surface area (Å²) in [5.41, 5.74) is 1.54. The Bertz CT molecular complexity index is 1150. The Kier molecular flexibility index (Phi) is 6.73. The molecule has 0 spiro atoms. The summed E-state index contributed by atoms with van der Waals surface area (Å²) in [7, 11) is 0. The molecule has 1 aliphatic heterocycles. The van der Waals surface area contributed by atoms with E-state index in [0.717, 1.165) is 35.8 Å². The third-order valence-electron chi connectivity index (χ3n) is 5.83. The van der Waals surface area contributed by atoms with Crippen molar-refractivity contribution in [2.24, 2.45) is 0 Å². The van der Waals surface area contributed by atoms with Crippen molar-refractivity contribution in [3.05, 3.63) is 47.5 Å². The van der Waals surface area contributed by atoms with Crippen LogP contribution in [0.5, 0.6) is 11.5 Å². The summed E-state index contributed by atoms with van der Waals surface area (Å²) in [4.78, 5) is 12.7. The van der Waals surface area contributed by atoms with Gasteiger partial charge in [-0.05, 0) is 37.1 Å². The van der Waals surface area contributed by atoms with E-state index in [4.69, 9.17) is 21.1 Å². The van der Waals surface area contributed by atoms with Gasteiger partial charge in [0.15, 0.2) is 22.5 Å². The summed E-state index contributed by atoms with van der Waals surface area (Å²) in [6.07, 6.45) is 5.35. The third kappa shape index (κ3) is 4.96. The lowest BCUT2D eigenvalue weighted by atomic mass is 10.2. The van der Waals surface area contributed by atoms with E-state index < -0.39 is 0 Å². The van der Waals surface area contributed by atoms with Crippen molar-refractivity contribution in [3.8, 4) is 22.9 Å². The molecule has 5 rings (SSSR count). The topological polar surface area (TPSA) is 78.3 Å². The molecule has 2 aromatic carbocycles. The van der Waals surface area contributed by atoms with Crippen LogP contribution >= 0.6 is 23.4 Å². The van der Waals surface area contributed by atoms with Crippen molar-refractivity contribution in [3.63, 3.8) is 0 Å². The van der Waals surface area contributed by atoms with Crippen LogP contribution in [0.2, 0.25) is 5.02 Å². The van der Waals surface area contributed by atoms with Crippen LogP contribution in [0, 0.1) is 0 Å². The smallest absolute Gasteiger partial charge is 0.234 e. The highest BCUT2D eigenvalue weighted by Gasteiger charge is 2.26. The molecule has 0 radical (unpaired) electrons. The van der Waals surface area contributed by atoms with Crippen molar-refractivity contribution in [2.75, 3.05) is 24.3 Å².